The van der Waals surface area contributed by atoms with Crippen LogP contribution in [0.2, 0.25) is 0 Å². The van der Waals surface area contributed by atoms with Crippen molar-refractivity contribution in [3.05, 3.63) is 23.9 Å². The summed E-state index contributed by atoms with van der Waals surface area (Å²) in [5.74, 6) is -0.221. The molecule has 0 saturated carbocycles. The molecule has 1 fully saturated rings. The van der Waals surface area contributed by atoms with Crippen LogP contribution in [-0.2, 0) is 31.2 Å². The van der Waals surface area contributed by atoms with Crippen LogP contribution < -0.4 is 16.0 Å². The van der Waals surface area contributed by atoms with Crippen molar-refractivity contribution in [2.24, 2.45) is 0 Å². The van der Waals surface area contributed by atoms with Gasteiger partial charge in [0.15, 0.2) is 0 Å². The molecule has 0 aliphatic carbocycles. The minimum atomic E-state index is -4.56. The van der Waals surface area contributed by atoms with E-state index in [1.807, 2.05) is 26.1 Å². The van der Waals surface area contributed by atoms with Crippen LogP contribution in [0, 0.1) is 0 Å². The van der Waals surface area contributed by atoms with E-state index in [0.717, 1.165) is 4.90 Å². The van der Waals surface area contributed by atoms with E-state index in [9.17, 15) is 22.8 Å². The Morgan fingerprint density at radius 3 is 2.66 bits per heavy atom. The number of rotatable bonds is 9. The standard InChI is InChI=1S/C19H26F3N5O4.V/c1-18(2,3)31-11-23-8-16(28)26-15-7-12(5-6-24-15)13(10-30-4)27-9-14(19(20,21)22)25-17(27)29;/h5-7,13-14,23H,8-10H2,1-4H3,(H,25,29)(H,24,26,28);. The molecule has 32 heavy (non-hydrogen) atoms. The molecule has 1 aromatic rings. The normalized spacial score (nSPS) is 17.8. The van der Waals surface area contributed by atoms with Crippen LogP contribution >= 0.6 is 0 Å². The zero-order chi connectivity index (χ0) is 24.1. The first-order valence-electron chi connectivity index (χ1n) is 9.67. The summed E-state index contributed by atoms with van der Waals surface area (Å²) >= 11 is 2.19. The summed E-state index contributed by atoms with van der Waals surface area (Å²) in [6.07, 6.45) is -3.16. The third kappa shape index (κ3) is 7.86. The van der Waals surface area contributed by atoms with Crippen molar-refractivity contribution in [1.29, 1.82) is 0 Å². The van der Waals surface area contributed by atoms with E-state index in [2.05, 4.69) is 32.6 Å². The summed E-state index contributed by atoms with van der Waals surface area (Å²) in [7, 11) is 1.38. The Morgan fingerprint density at radius 2 is 2.09 bits per heavy atom. The maximum absolute atomic E-state index is 13.0. The van der Waals surface area contributed by atoms with Crippen molar-refractivity contribution >= 4 is 22.3 Å². The van der Waals surface area contributed by atoms with Gasteiger partial charge in [-0.15, -0.1) is 0 Å². The fourth-order valence-electron chi connectivity index (χ4n) is 2.93. The van der Waals surface area contributed by atoms with Gasteiger partial charge in [0, 0.05) is 0 Å². The van der Waals surface area contributed by atoms with E-state index in [0.29, 0.717) is 10.1 Å². The number of pyridine rings is 1. The molecular formula is C19H26F3N5O4V. The number of nitrogens with one attached hydrogen (secondary N) is 3. The van der Waals surface area contributed by atoms with E-state index in [4.69, 9.17) is 9.47 Å². The summed E-state index contributed by atoms with van der Waals surface area (Å²) in [6.45, 7) is 4.93. The summed E-state index contributed by atoms with van der Waals surface area (Å²) in [5, 5.41) is 7.37. The zero-order valence-electron chi connectivity index (χ0n) is 18.1. The van der Waals surface area contributed by atoms with Gasteiger partial charge in [-0.05, 0) is 0 Å². The molecule has 0 aromatic carbocycles. The van der Waals surface area contributed by atoms with Crippen LogP contribution in [0.4, 0.5) is 23.8 Å². The summed E-state index contributed by atoms with van der Waals surface area (Å²) in [5.41, 5.74) is 0.0453. The zero-order valence-corrected chi connectivity index (χ0v) is 19.5. The number of nitrogens with zero attached hydrogens (tertiary/aromatic N) is 2. The van der Waals surface area contributed by atoms with Gasteiger partial charge in [0.1, 0.15) is 0 Å². The van der Waals surface area contributed by atoms with Gasteiger partial charge < -0.3 is 0 Å². The van der Waals surface area contributed by atoms with Crippen molar-refractivity contribution < 1.29 is 49.2 Å². The molecule has 2 heterocycles. The van der Waals surface area contributed by atoms with Gasteiger partial charge >= 0.3 is 179 Å². The molecule has 177 valence electrons. The number of ether oxygens (including phenoxy) is 2. The number of halogens is 3. The predicted molar refractivity (Wildman–Crippen MR) is 106 cm³/mol. The molecule has 3 amide bonds. The van der Waals surface area contributed by atoms with Gasteiger partial charge in [-0.3, -0.25) is 0 Å². The number of alkyl halides is 3. The van der Waals surface area contributed by atoms with Gasteiger partial charge in [-0.1, -0.05) is 0 Å². The molecule has 2 atom stereocenters. The van der Waals surface area contributed by atoms with Gasteiger partial charge in [0.05, 0.1) is 0 Å². The maximum atomic E-state index is 13.0. The predicted octanol–water partition coefficient (Wildman–Crippen LogP) is 1.70. The SMILES string of the molecule is COCC(c1ccnc(NC(=O)CN[C](=[V])OC(C)(C)C)c1)N1CC(C(F)(F)F)NC1=O. The molecule has 1 aromatic heterocycles. The molecule has 1 aliphatic heterocycles. The van der Waals surface area contributed by atoms with Gasteiger partial charge in [0.2, 0.25) is 0 Å². The van der Waals surface area contributed by atoms with Gasteiger partial charge in [-0.25, -0.2) is 0 Å². The van der Waals surface area contributed by atoms with Crippen molar-refractivity contribution in [1.82, 2.24) is 20.5 Å². The number of aromatic nitrogens is 1. The topological polar surface area (TPSA) is 105 Å². The Hall–Kier alpha value is -1.99. The fraction of sp³-hybridized carbons (Fsp3) is 0.579. The average Bonchev–Trinajstić information content (AvgIpc) is 3.05. The van der Waals surface area contributed by atoms with Crippen LogP contribution in [0.15, 0.2) is 18.3 Å². The molecule has 0 radical (unpaired) electrons. The number of carbonyl (C=O) groups excluding carboxylic acids is 2. The van der Waals surface area contributed by atoms with Crippen molar-refractivity contribution in [3.8, 4) is 0 Å². The number of methoxy groups -OCH3 is 1. The van der Waals surface area contributed by atoms with Crippen molar-refractivity contribution in [2.45, 2.75) is 44.6 Å². The number of anilines is 1. The number of amides is 3. The first kappa shape index (κ1) is 26.3. The number of carbonyl (C=O) groups is 2. The number of hydrogen-bond donors (Lipinski definition) is 3. The number of urea groups is 1. The molecule has 9 nitrogen and oxygen atoms in total. The molecule has 2 rings (SSSR count). The van der Waals surface area contributed by atoms with E-state index in [-0.39, 0.29) is 19.0 Å². The van der Waals surface area contributed by atoms with Crippen molar-refractivity contribution in [2.75, 3.05) is 32.1 Å². The minimum absolute atomic E-state index is 0.0346. The number of hydrogen-bond acceptors (Lipinski definition) is 6. The van der Waals surface area contributed by atoms with Gasteiger partial charge in [-0.2, -0.15) is 13.2 Å². The molecule has 3 N–H and O–H groups in total. The van der Waals surface area contributed by atoms with Crippen molar-refractivity contribution in [3.63, 3.8) is 0 Å². The third-order valence-corrected chi connectivity index (χ3v) is 4.66. The van der Waals surface area contributed by atoms with Crippen LogP contribution in [0.3, 0.4) is 0 Å². The van der Waals surface area contributed by atoms with Crippen LogP contribution in [0.5, 0.6) is 0 Å². The monoisotopic (exact) mass is 496 g/mol. The summed E-state index contributed by atoms with van der Waals surface area (Å²) < 4.78 is 50.2. The Balaban J connectivity index is 2.06. The van der Waals surface area contributed by atoms with E-state index in [1.165, 1.54) is 19.4 Å². The van der Waals surface area contributed by atoms with Crippen LogP contribution in [0.1, 0.15) is 32.4 Å². The molecule has 0 bridgehead atoms. The van der Waals surface area contributed by atoms with E-state index in [1.54, 1.807) is 6.07 Å². The first-order valence-corrected chi connectivity index (χ1v) is 10.4. The fourth-order valence-corrected chi connectivity index (χ4v) is 3.48. The summed E-state index contributed by atoms with van der Waals surface area (Å²) in [4.78, 5) is 29.5. The second-order valence-electron chi connectivity index (χ2n) is 8.06. The average molecular weight is 496 g/mol. The molecule has 0 spiro atoms. The van der Waals surface area contributed by atoms with E-state index >= 15 is 0 Å². The molecule has 13 heteroatoms. The van der Waals surface area contributed by atoms with Crippen LogP contribution in [0.25, 0.3) is 0 Å². The Bertz CT molecular complexity index is 847. The molecule has 2 unspecified atom stereocenters. The Kier molecular flexibility index (Phi) is 8.83. The second-order valence-corrected chi connectivity index (χ2v) is 8.70. The third-order valence-electron chi connectivity index (χ3n) is 4.27. The molecule has 1 aliphatic rings. The second kappa shape index (κ2) is 10.8. The van der Waals surface area contributed by atoms with Crippen LogP contribution in [-0.4, -0.2) is 71.0 Å². The summed E-state index contributed by atoms with van der Waals surface area (Å²) in [6, 6.07) is -0.553. The first-order chi connectivity index (χ1) is 14.8. The molecule has 1 saturated heterocycles. The molecular weight excluding hydrogens is 470 g/mol. The van der Waals surface area contributed by atoms with Gasteiger partial charge in [0.25, 0.3) is 0 Å². The quantitative estimate of drug-likeness (QED) is 0.481. The Labute approximate surface area is 192 Å². The Morgan fingerprint density at radius 1 is 1.41 bits per heavy atom. The van der Waals surface area contributed by atoms with E-state index < -0.39 is 42.3 Å².